The molecule has 0 amide bonds. The Hall–Kier alpha value is -2.17. The fourth-order valence-electron chi connectivity index (χ4n) is 1.84. The van der Waals surface area contributed by atoms with Crippen LogP contribution in [0.2, 0.25) is 0 Å². The Kier molecular flexibility index (Phi) is 2.80. The molecule has 1 aromatic heterocycles. The number of rotatable bonds is 4. The van der Waals surface area contributed by atoms with Crippen LogP contribution < -0.4 is 14.2 Å². The van der Waals surface area contributed by atoms with Gasteiger partial charge in [-0.05, 0) is 25.1 Å². The number of H-pyrrole nitrogens is 1. The third-order valence-corrected chi connectivity index (χ3v) is 2.73. The molecule has 1 N–H and O–H groups in total. The predicted octanol–water partition coefficient (Wildman–Crippen LogP) is 2.07. The van der Waals surface area contributed by atoms with Gasteiger partial charge in [0.25, 0.3) is 0 Å². The molecule has 94 valence electrons. The molecule has 5 heteroatoms. The first-order valence-electron chi connectivity index (χ1n) is 5.84. The van der Waals surface area contributed by atoms with E-state index in [2.05, 4.69) is 10.2 Å². The number of benzene rings is 1. The lowest BCUT2D eigenvalue weighted by Gasteiger charge is -2.05. The largest absolute Gasteiger partial charge is 0.493 e. The van der Waals surface area contributed by atoms with E-state index in [1.165, 1.54) is 0 Å². The highest BCUT2D eigenvalue weighted by Gasteiger charge is 2.13. The second-order valence-electron chi connectivity index (χ2n) is 4.16. The average Bonchev–Trinajstić information content (AvgIpc) is 2.97. The molecule has 0 fully saturated rings. The summed E-state index contributed by atoms with van der Waals surface area (Å²) in [6.45, 7) is 2.85. The van der Waals surface area contributed by atoms with Gasteiger partial charge in [-0.3, -0.25) is 5.10 Å². The normalized spacial score (nSPS) is 12.7. The molecule has 0 saturated carbocycles. The van der Waals surface area contributed by atoms with Crippen LogP contribution in [0, 0.1) is 6.92 Å². The highest BCUT2D eigenvalue weighted by Crippen LogP contribution is 2.35. The molecular formula is C13H14N2O3. The first kappa shape index (κ1) is 11.0. The van der Waals surface area contributed by atoms with E-state index in [9.17, 15) is 0 Å². The van der Waals surface area contributed by atoms with Crippen molar-refractivity contribution in [1.82, 2.24) is 10.2 Å². The van der Waals surface area contributed by atoms with Gasteiger partial charge in [-0.15, -0.1) is 0 Å². The van der Waals surface area contributed by atoms with E-state index >= 15 is 0 Å². The Morgan fingerprint density at radius 2 is 2.17 bits per heavy atom. The van der Waals surface area contributed by atoms with Crippen molar-refractivity contribution < 1.29 is 14.2 Å². The van der Waals surface area contributed by atoms with E-state index in [-0.39, 0.29) is 6.79 Å². The summed E-state index contributed by atoms with van der Waals surface area (Å²) in [4.78, 5) is 0. The van der Waals surface area contributed by atoms with Gasteiger partial charge in [0.15, 0.2) is 11.5 Å². The number of ether oxygens (including phenoxy) is 3. The van der Waals surface area contributed by atoms with Gasteiger partial charge >= 0.3 is 0 Å². The van der Waals surface area contributed by atoms with Crippen LogP contribution in [0.5, 0.6) is 17.2 Å². The topological polar surface area (TPSA) is 56.4 Å². The maximum atomic E-state index is 5.66. The van der Waals surface area contributed by atoms with Crippen molar-refractivity contribution in [1.29, 1.82) is 0 Å². The number of fused-ring (bicyclic) bond motifs is 1. The number of hydrogen-bond acceptors (Lipinski definition) is 4. The minimum atomic E-state index is 0.283. The van der Waals surface area contributed by atoms with Gasteiger partial charge in [0.1, 0.15) is 5.75 Å². The Morgan fingerprint density at radius 1 is 1.28 bits per heavy atom. The fourth-order valence-corrected chi connectivity index (χ4v) is 1.84. The third-order valence-electron chi connectivity index (χ3n) is 2.73. The van der Waals surface area contributed by atoms with E-state index in [1.807, 2.05) is 31.2 Å². The number of aromatic amines is 1. The van der Waals surface area contributed by atoms with Crippen molar-refractivity contribution in [3.63, 3.8) is 0 Å². The van der Waals surface area contributed by atoms with E-state index in [4.69, 9.17) is 14.2 Å². The predicted molar refractivity (Wildman–Crippen MR) is 65.1 cm³/mol. The molecule has 1 aliphatic heterocycles. The maximum absolute atomic E-state index is 5.66. The second-order valence-corrected chi connectivity index (χ2v) is 4.16. The van der Waals surface area contributed by atoms with Crippen LogP contribution in [0.3, 0.4) is 0 Å². The SMILES string of the molecule is Cc1cc(CCOc2ccc3c(c2)OCO3)n[nH]1. The molecule has 0 aliphatic carbocycles. The summed E-state index contributed by atoms with van der Waals surface area (Å²) in [5.41, 5.74) is 2.07. The number of hydrogen-bond donors (Lipinski definition) is 1. The Balaban J connectivity index is 1.57. The van der Waals surface area contributed by atoms with Crippen LogP contribution in [0.4, 0.5) is 0 Å². The van der Waals surface area contributed by atoms with Gasteiger partial charge in [-0.1, -0.05) is 0 Å². The summed E-state index contributed by atoms with van der Waals surface area (Å²) in [7, 11) is 0. The molecule has 2 aromatic rings. The van der Waals surface area contributed by atoms with Gasteiger partial charge in [0, 0.05) is 18.2 Å². The van der Waals surface area contributed by atoms with E-state index < -0.39 is 0 Å². The lowest BCUT2D eigenvalue weighted by Crippen LogP contribution is -2.01. The summed E-state index contributed by atoms with van der Waals surface area (Å²) >= 11 is 0. The van der Waals surface area contributed by atoms with Crippen molar-refractivity contribution >= 4 is 0 Å². The van der Waals surface area contributed by atoms with Crippen molar-refractivity contribution in [2.75, 3.05) is 13.4 Å². The first-order valence-corrected chi connectivity index (χ1v) is 5.84. The molecule has 5 nitrogen and oxygen atoms in total. The molecule has 0 atom stereocenters. The summed E-state index contributed by atoms with van der Waals surface area (Å²) in [5.74, 6) is 2.29. The maximum Gasteiger partial charge on any atom is 0.231 e. The Bertz CT molecular complexity index is 551. The van der Waals surface area contributed by atoms with Crippen LogP contribution in [0.1, 0.15) is 11.4 Å². The van der Waals surface area contributed by atoms with Crippen LogP contribution in [-0.4, -0.2) is 23.6 Å². The standard InChI is InChI=1S/C13H14N2O3/c1-9-6-10(15-14-9)4-5-16-11-2-3-12-13(7-11)18-8-17-12/h2-3,6-7H,4-5,8H2,1H3,(H,14,15). The molecule has 1 aliphatic rings. The number of nitrogens with one attached hydrogen (secondary N) is 1. The highest BCUT2D eigenvalue weighted by atomic mass is 16.7. The number of aromatic nitrogens is 2. The zero-order chi connectivity index (χ0) is 12.4. The summed E-state index contributed by atoms with van der Waals surface area (Å²) in [6.07, 6.45) is 0.777. The molecule has 0 unspecified atom stereocenters. The Morgan fingerprint density at radius 3 is 3.00 bits per heavy atom. The monoisotopic (exact) mass is 246 g/mol. The zero-order valence-corrected chi connectivity index (χ0v) is 10.1. The van der Waals surface area contributed by atoms with Gasteiger partial charge in [0.2, 0.25) is 6.79 Å². The molecule has 0 spiro atoms. The summed E-state index contributed by atoms with van der Waals surface area (Å²) in [6, 6.07) is 7.60. The van der Waals surface area contributed by atoms with Gasteiger partial charge in [0.05, 0.1) is 12.3 Å². The lowest BCUT2D eigenvalue weighted by molar-refractivity contribution is 0.173. The molecule has 1 aromatic carbocycles. The van der Waals surface area contributed by atoms with Crippen molar-refractivity contribution in [3.05, 3.63) is 35.7 Å². The summed E-state index contributed by atoms with van der Waals surface area (Å²) in [5, 5.41) is 7.06. The molecule has 0 bridgehead atoms. The van der Waals surface area contributed by atoms with Gasteiger partial charge < -0.3 is 14.2 Å². The van der Waals surface area contributed by atoms with Crippen LogP contribution >= 0.6 is 0 Å². The minimum Gasteiger partial charge on any atom is -0.493 e. The van der Waals surface area contributed by atoms with Gasteiger partial charge in [-0.2, -0.15) is 5.10 Å². The smallest absolute Gasteiger partial charge is 0.231 e. The van der Waals surface area contributed by atoms with Crippen molar-refractivity contribution in [2.45, 2.75) is 13.3 Å². The van der Waals surface area contributed by atoms with Crippen molar-refractivity contribution in [3.8, 4) is 17.2 Å². The highest BCUT2D eigenvalue weighted by molar-refractivity contribution is 5.46. The summed E-state index contributed by atoms with van der Waals surface area (Å²) < 4.78 is 16.2. The molecule has 0 saturated heterocycles. The average molecular weight is 246 g/mol. The second kappa shape index (κ2) is 4.60. The van der Waals surface area contributed by atoms with Crippen LogP contribution in [0.15, 0.2) is 24.3 Å². The number of nitrogens with zero attached hydrogens (tertiary/aromatic N) is 1. The zero-order valence-electron chi connectivity index (χ0n) is 10.1. The van der Waals surface area contributed by atoms with Crippen LogP contribution in [0.25, 0.3) is 0 Å². The third kappa shape index (κ3) is 2.25. The molecular weight excluding hydrogens is 232 g/mol. The van der Waals surface area contributed by atoms with E-state index in [0.717, 1.165) is 35.1 Å². The Labute approximate surface area is 105 Å². The van der Waals surface area contributed by atoms with Crippen molar-refractivity contribution in [2.24, 2.45) is 0 Å². The minimum absolute atomic E-state index is 0.283. The fraction of sp³-hybridized carbons (Fsp3) is 0.308. The van der Waals surface area contributed by atoms with Gasteiger partial charge in [-0.25, -0.2) is 0 Å². The molecule has 18 heavy (non-hydrogen) atoms. The molecule has 2 heterocycles. The number of aryl methyl sites for hydroxylation is 1. The van der Waals surface area contributed by atoms with E-state index in [1.54, 1.807) is 0 Å². The molecule has 0 radical (unpaired) electrons. The molecule has 3 rings (SSSR count). The lowest BCUT2D eigenvalue weighted by atomic mass is 10.3. The quantitative estimate of drug-likeness (QED) is 0.897. The van der Waals surface area contributed by atoms with E-state index in [0.29, 0.717) is 6.61 Å². The first-order chi connectivity index (χ1) is 8.81. The van der Waals surface area contributed by atoms with Crippen LogP contribution in [-0.2, 0) is 6.42 Å².